The molecule has 1 heterocycles. The van der Waals surface area contributed by atoms with Crippen LogP contribution in [0.1, 0.15) is 5.56 Å². The Morgan fingerprint density at radius 1 is 1.00 bits per heavy atom. The topological polar surface area (TPSA) is 18.5 Å². The van der Waals surface area contributed by atoms with Crippen LogP contribution in [0.15, 0.2) is 48.5 Å². The predicted molar refractivity (Wildman–Crippen MR) is 74.7 cm³/mol. The minimum Gasteiger partial charge on any atom is -0.485 e. The van der Waals surface area contributed by atoms with E-state index in [9.17, 15) is 0 Å². The van der Waals surface area contributed by atoms with Crippen LogP contribution in [-0.2, 0) is 0 Å². The minimum atomic E-state index is -0.245. The van der Waals surface area contributed by atoms with Crippen molar-refractivity contribution in [3.05, 3.63) is 59.1 Å². The maximum absolute atomic E-state index is 5.82. The summed E-state index contributed by atoms with van der Waals surface area (Å²) in [4.78, 5) is 0. The molecule has 2 aromatic carbocycles. The van der Waals surface area contributed by atoms with Gasteiger partial charge in [-0.1, -0.05) is 29.7 Å². The van der Waals surface area contributed by atoms with Gasteiger partial charge in [0, 0.05) is 10.6 Å². The molecule has 0 radical (unpaired) electrons. The van der Waals surface area contributed by atoms with E-state index in [1.807, 2.05) is 48.5 Å². The Morgan fingerprint density at radius 3 is 2.53 bits per heavy atom. The number of fused-ring (bicyclic) bond motifs is 1. The minimum absolute atomic E-state index is 0.245. The van der Waals surface area contributed by atoms with Crippen LogP contribution in [0.4, 0.5) is 0 Å². The van der Waals surface area contributed by atoms with Crippen LogP contribution >= 0.6 is 11.6 Å². The first-order valence-electron chi connectivity index (χ1n) is 5.97. The molecule has 3 heteroatoms. The summed E-state index contributed by atoms with van der Waals surface area (Å²) in [5.74, 6) is 7.63. The lowest BCUT2D eigenvalue weighted by molar-refractivity contribution is 0.129. The highest BCUT2D eigenvalue weighted by Crippen LogP contribution is 2.30. The van der Waals surface area contributed by atoms with Gasteiger partial charge in [-0.3, -0.25) is 0 Å². The van der Waals surface area contributed by atoms with Crippen LogP contribution in [0.3, 0.4) is 0 Å². The van der Waals surface area contributed by atoms with Crippen LogP contribution in [0.25, 0.3) is 0 Å². The molecular weight excluding hydrogens is 260 g/mol. The first-order chi connectivity index (χ1) is 9.31. The number of rotatable bonds is 0. The summed E-state index contributed by atoms with van der Waals surface area (Å²) in [5, 5.41) is 0.705. The summed E-state index contributed by atoms with van der Waals surface area (Å²) in [6.07, 6.45) is -0.245. The van der Waals surface area contributed by atoms with Gasteiger partial charge in [-0.25, -0.2) is 0 Å². The Kier molecular flexibility index (Phi) is 3.31. The molecule has 0 aliphatic carbocycles. The van der Waals surface area contributed by atoms with Gasteiger partial charge in [0.25, 0.3) is 0 Å². The van der Waals surface area contributed by atoms with Gasteiger partial charge in [0.2, 0.25) is 0 Å². The predicted octanol–water partition coefficient (Wildman–Crippen LogP) is 3.53. The Morgan fingerprint density at radius 2 is 1.74 bits per heavy atom. The van der Waals surface area contributed by atoms with E-state index in [0.29, 0.717) is 11.6 Å². The molecule has 1 aliphatic heterocycles. The fraction of sp³-hybridized carbons (Fsp3) is 0.125. The second kappa shape index (κ2) is 5.26. The Labute approximate surface area is 116 Å². The van der Waals surface area contributed by atoms with Crippen LogP contribution in [0.2, 0.25) is 5.02 Å². The van der Waals surface area contributed by atoms with Crippen molar-refractivity contribution >= 4 is 11.6 Å². The number of ether oxygens (including phenoxy) is 2. The van der Waals surface area contributed by atoms with E-state index >= 15 is 0 Å². The van der Waals surface area contributed by atoms with Crippen molar-refractivity contribution in [2.75, 3.05) is 6.61 Å². The average Bonchev–Trinajstić information content (AvgIpc) is 2.46. The summed E-state index contributed by atoms with van der Waals surface area (Å²) in [5.41, 5.74) is 0.909. The molecule has 0 bridgehead atoms. The molecular formula is C16H11ClO2. The van der Waals surface area contributed by atoms with Crippen LogP contribution < -0.4 is 9.47 Å². The molecule has 94 valence electrons. The highest BCUT2D eigenvalue weighted by atomic mass is 35.5. The smallest absolute Gasteiger partial charge is 0.193 e. The van der Waals surface area contributed by atoms with Gasteiger partial charge in [0.15, 0.2) is 17.6 Å². The SMILES string of the molecule is Clc1ccc(C#CC2COc3ccccc3O2)cc1. The van der Waals surface area contributed by atoms with Crippen LogP contribution in [0, 0.1) is 11.8 Å². The molecule has 2 nitrogen and oxygen atoms in total. The standard InChI is InChI=1S/C16H11ClO2/c17-13-8-5-12(6-9-13)7-10-14-11-18-15-3-1-2-4-16(15)19-14/h1-6,8-9,14H,11H2. The summed E-state index contributed by atoms with van der Waals surface area (Å²) < 4.78 is 11.3. The highest BCUT2D eigenvalue weighted by Gasteiger charge is 2.18. The first-order valence-corrected chi connectivity index (χ1v) is 6.35. The zero-order chi connectivity index (χ0) is 13.1. The molecule has 0 fully saturated rings. The number of para-hydroxylation sites is 2. The molecule has 0 amide bonds. The molecule has 0 N–H and O–H groups in total. The van der Waals surface area contributed by atoms with Gasteiger partial charge in [0.1, 0.15) is 6.61 Å². The van der Waals surface area contributed by atoms with E-state index < -0.39 is 0 Å². The molecule has 19 heavy (non-hydrogen) atoms. The zero-order valence-electron chi connectivity index (χ0n) is 10.1. The second-order valence-electron chi connectivity index (χ2n) is 4.14. The van der Waals surface area contributed by atoms with Crippen molar-refractivity contribution in [2.45, 2.75) is 6.10 Å². The van der Waals surface area contributed by atoms with E-state index in [1.165, 1.54) is 0 Å². The van der Waals surface area contributed by atoms with Crippen LogP contribution in [-0.4, -0.2) is 12.7 Å². The summed E-state index contributed by atoms with van der Waals surface area (Å²) in [6, 6.07) is 15.0. The Balaban J connectivity index is 1.74. The van der Waals surface area contributed by atoms with Crippen molar-refractivity contribution < 1.29 is 9.47 Å². The van der Waals surface area contributed by atoms with Crippen molar-refractivity contribution in [1.82, 2.24) is 0 Å². The third-order valence-corrected chi connectivity index (χ3v) is 2.98. The van der Waals surface area contributed by atoms with Crippen molar-refractivity contribution in [1.29, 1.82) is 0 Å². The van der Waals surface area contributed by atoms with Crippen molar-refractivity contribution in [3.63, 3.8) is 0 Å². The Bertz CT molecular complexity index is 638. The lowest BCUT2D eigenvalue weighted by atomic mass is 10.2. The van der Waals surface area contributed by atoms with Gasteiger partial charge < -0.3 is 9.47 Å². The van der Waals surface area contributed by atoms with Gasteiger partial charge in [-0.15, -0.1) is 0 Å². The van der Waals surface area contributed by atoms with Gasteiger partial charge in [-0.2, -0.15) is 0 Å². The molecule has 1 aliphatic rings. The average molecular weight is 271 g/mol. The number of halogens is 1. The third kappa shape index (κ3) is 2.83. The zero-order valence-corrected chi connectivity index (χ0v) is 10.9. The highest BCUT2D eigenvalue weighted by molar-refractivity contribution is 6.30. The molecule has 0 saturated heterocycles. The third-order valence-electron chi connectivity index (χ3n) is 2.73. The molecule has 0 spiro atoms. The molecule has 0 aromatic heterocycles. The molecule has 2 aromatic rings. The van der Waals surface area contributed by atoms with Crippen molar-refractivity contribution in [3.8, 4) is 23.3 Å². The van der Waals surface area contributed by atoms with E-state index in [4.69, 9.17) is 21.1 Å². The lowest BCUT2D eigenvalue weighted by Gasteiger charge is -2.22. The van der Waals surface area contributed by atoms with Crippen LogP contribution in [0.5, 0.6) is 11.5 Å². The van der Waals surface area contributed by atoms with E-state index in [1.54, 1.807) is 0 Å². The molecule has 1 unspecified atom stereocenters. The maximum atomic E-state index is 5.82. The maximum Gasteiger partial charge on any atom is 0.193 e. The van der Waals surface area contributed by atoms with E-state index in [2.05, 4.69) is 11.8 Å². The molecule has 0 saturated carbocycles. The molecule has 1 atom stereocenters. The number of hydrogen-bond acceptors (Lipinski definition) is 2. The second-order valence-corrected chi connectivity index (χ2v) is 4.58. The summed E-state index contributed by atoms with van der Waals surface area (Å²) in [7, 11) is 0. The van der Waals surface area contributed by atoms with E-state index in [0.717, 1.165) is 17.1 Å². The van der Waals surface area contributed by atoms with Gasteiger partial charge in [0.05, 0.1) is 0 Å². The lowest BCUT2D eigenvalue weighted by Crippen LogP contribution is -2.27. The van der Waals surface area contributed by atoms with Crippen molar-refractivity contribution in [2.24, 2.45) is 0 Å². The summed E-state index contributed by atoms with van der Waals surface area (Å²) in [6.45, 7) is 0.442. The van der Waals surface area contributed by atoms with Gasteiger partial charge >= 0.3 is 0 Å². The monoisotopic (exact) mass is 270 g/mol. The fourth-order valence-corrected chi connectivity index (χ4v) is 1.91. The normalized spacial score (nSPS) is 16.4. The van der Waals surface area contributed by atoms with Gasteiger partial charge in [-0.05, 0) is 42.3 Å². The van der Waals surface area contributed by atoms with E-state index in [-0.39, 0.29) is 6.10 Å². The largest absolute Gasteiger partial charge is 0.485 e. The summed E-state index contributed by atoms with van der Waals surface area (Å²) >= 11 is 5.82. The fourth-order valence-electron chi connectivity index (χ4n) is 1.79. The molecule has 3 rings (SSSR count). The Hall–Kier alpha value is -2.11. The number of hydrogen-bond donors (Lipinski definition) is 0. The number of benzene rings is 2. The quantitative estimate of drug-likeness (QED) is 0.682. The first kappa shape index (κ1) is 12.0.